The highest BCUT2D eigenvalue weighted by atomic mass is 32.2. The van der Waals surface area contributed by atoms with Crippen LogP contribution in [0.3, 0.4) is 0 Å². The van der Waals surface area contributed by atoms with Crippen LogP contribution in [0.15, 0.2) is 12.7 Å². The Hall–Kier alpha value is -1.17. The minimum Gasteiger partial charge on any atom is -0.445 e. The molecule has 0 atom stereocenters. The molecule has 0 saturated carbocycles. The zero-order valence-electron chi connectivity index (χ0n) is 9.44. The van der Waals surface area contributed by atoms with E-state index in [0.717, 1.165) is 0 Å². The fourth-order valence-electron chi connectivity index (χ4n) is 1.44. The molecule has 0 aromatic heterocycles. The first kappa shape index (κ1) is 12.9. The monoisotopic (exact) mass is 243 g/mol. The number of nitrogens with one attached hydrogen (secondary N) is 1. The highest BCUT2D eigenvalue weighted by Gasteiger charge is 2.22. The SMILES string of the molecule is C=CCOC(=O)N1CCN(C(=N)SC)CC1. The Labute approximate surface area is 99.9 Å². The van der Waals surface area contributed by atoms with Crippen LogP contribution in [0.1, 0.15) is 0 Å². The summed E-state index contributed by atoms with van der Waals surface area (Å²) in [6.07, 6.45) is 3.14. The average molecular weight is 243 g/mol. The van der Waals surface area contributed by atoms with Crippen LogP contribution in [0.2, 0.25) is 0 Å². The van der Waals surface area contributed by atoms with Crippen molar-refractivity contribution in [1.29, 1.82) is 5.41 Å². The van der Waals surface area contributed by atoms with Crippen molar-refractivity contribution in [2.24, 2.45) is 0 Å². The van der Waals surface area contributed by atoms with E-state index in [1.807, 2.05) is 11.2 Å². The lowest BCUT2D eigenvalue weighted by molar-refractivity contribution is 0.0967. The van der Waals surface area contributed by atoms with Crippen LogP contribution in [-0.2, 0) is 4.74 Å². The predicted octanol–water partition coefficient (Wildman–Crippen LogP) is 1.22. The molecule has 1 N–H and O–H groups in total. The molecule has 0 unspecified atom stereocenters. The minimum absolute atomic E-state index is 0.250. The highest BCUT2D eigenvalue weighted by molar-refractivity contribution is 8.13. The molecular weight excluding hydrogens is 226 g/mol. The van der Waals surface area contributed by atoms with Gasteiger partial charge in [0.15, 0.2) is 5.17 Å². The number of ether oxygens (including phenoxy) is 1. The summed E-state index contributed by atoms with van der Waals surface area (Å²) in [7, 11) is 0. The number of carbonyl (C=O) groups excluding carboxylic acids is 1. The number of amides is 1. The summed E-state index contributed by atoms with van der Waals surface area (Å²) in [6, 6.07) is 0. The molecule has 90 valence electrons. The number of carbonyl (C=O) groups is 1. The van der Waals surface area contributed by atoms with Crippen molar-refractivity contribution < 1.29 is 9.53 Å². The van der Waals surface area contributed by atoms with Crippen molar-refractivity contribution in [3.8, 4) is 0 Å². The fraction of sp³-hybridized carbons (Fsp3) is 0.600. The number of piperazine rings is 1. The molecule has 16 heavy (non-hydrogen) atoms. The van der Waals surface area contributed by atoms with Gasteiger partial charge in [-0.2, -0.15) is 0 Å². The van der Waals surface area contributed by atoms with Crippen molar-refractivity contribution in [1.82, 2.24) is 9.80 Å². The van der Waals surface area contributed by atoms with E-state index in [9.17, 15) is 4.79 Å². The average Bonchev–Trinajstić information content (AvgIpc) is 2.35. The number of hydrogen-bond donors (Lipinski definition) is 1. The van der Waals surface area contributed by atoms with Crippen LogP contribution in [-0.4, -0.2) is 60.1 Å². The van der Waals surface area contributed by atoms with Crippen molar-refractivity contribution in [3.63, 3.8) is 0 Å². The molecule has 0 aromatic carbocycles. The van der Waals surface area contributed by atoms with Crippen molar-refractivity contribution in [2.45, 2.75) is 0 Å². The van der Waals surface area contributed by atoms with E-state index in [1.165, 1.54) is 11.8 Å². The number of nitrogens with zero attached hydrogens (tertiary/aromatic N) is 2. The first-order valence-corrected chi connectivity index (χ1v) is 6.31. The Balaban J connectivity index is 2.33. The van der Waals surface area contributed by atoms with Gasteiger partial charge in [-0.1, -0.05) is 24.4 Å². The van der Waals surface area contributed by atoms with E-state index in [4.69, 9.17) is 10.1 Å². The summed E-state index contributed by atoms with van der Waals surface area (Å²) < 4.78 is 4.94. The molecule has 0 radical (unpaired) electrons. The molecule has 1 heterocycles. The number of amidine groups is 1. The van der Waals surface area contributed by atoms with Gasteiger partial charge in [-0.25, -0.2) is 4.79 Å². The first-order chi connectivity index (χ1) is 7.69. The smallest absolute Gasteiger partial charge is 0.410 e. The second-order valence-corrected chi connectivity index (χ2v) is 4.14. The molecule has 0 aromatic rings. The molecule has 6 heteroatoms. The Bertz CT molecular complexity index is 275. The quantitative estimate of drug-likeness (QED) is 0.450. The van der Waals surface area contributed by atoms with E-state index in [1.54, 1.807) is 11.0 Å². The third kappa shape index (κ3) is 3.44. The maximum absolute atomic E-state index is 11.5. The Morgan fingerprint density at radius 1 is 1.44 bits per heavy atom. The van der Waals surface area contributed by atoms with E-state index in [0.29, 0.717) is 31.3 Å². The lowest BCUT2D eigenvalue weighted by Gasteiger charge is -2.34. The largest absolute Gasteiger partial charge is 0.445 e. The number of rotatable bonds is 2. The van der Waals surface area contributed by atoms with Gasteiger partial charge in [0.2, 0.25) is 0 Å². The molecule has 5 nitrogen and oxygen atoms in total. The summed E-state index contributed by atoms with van der Waals surface area (Å²) >= 11 is 1.42. The van der Waals surface area contributed by atoms with Gasteiger partial charge in [-0.05, 0) is 6.26 Å². The first-order valence-electron chi connectivity index (χ1n) is 5.09. The molecule has 0 aliphatic carbocycles. The zero-order chi connectivity index (χ0) is 12.0. The second kappa shape index (κ2) is 6.42. The standard InChI is InChI=1S/C10H17N3O2S/c1-3-8-15-10(14)13-6-4-12(5-7-13)9(11)16-2/h3,11H,1,4-8H2,2H3. The molecule has 1 saturated heterocycles. The molecule has 1 aliphatic rings. The summed E-state index contributed by atoms with van der Waals surface area (Å²) in [5, 5.41) is 8.21. The van der Waals surface area contributed by atoms with Crippen molar-refractivity contribution in [2.75, 3.05) is 39.0 Å². The van der Waals surface area contributed by atoms with Crippen molar-refractivity contribution in [3.05, 3.63) is 12.7 Å². The predicted molar refractivity (Wildman–Crippen MR) is 65.9 cm³/mol. The Morgan fingerprint density at radius 2 is 2.00 bits per heavy atom. The van der Waals surface area contributed by atoms with E-state index in [-0.39, 0.29) is 12.7 Å². The topological polar surface area (TPSA) is 56.6 Å². The maximum atomic E-state index is 11.5. The Kier molecular flexibility index (Phi) is 5.18. The summed E-state index contributed by atoms with van der Waals surface area (Å²) in [6.45, 7) is 6.35. The van der Waals surface area contributed by atoms with E-state index < -0.39 is 0 Å². The molecule has 0 spiro atoms. The zero-order valence-corrected chi connectivity index (χ0v) is 10.3. The molecule has 1 fully saturated rings. The highest BCUT2D eigenvalue weighted by Crippen LogP contribution is 2.08. The van der Waals surface area contributed by atoms with Gasteiger partial charge in [-0.3, -0.25) is 5.41 Å². The van der Waals surface area contributed by atoms with Gasteiger partial charge in [0, 0.05) is 26.2 Å². The van der Waals surface area contributed by atoms with Gasteiger partial charge in [0.05, 0.1) is 0 Å². The van der Waals surface area contributed by atoms with Crippen LogP contribution >= 0.6 is 11.8 Å². The molecule has 0 bridgehead atoms. The van der Waals surface area contributed by atoms with Crippen LogP contribution in [0, 0.1) is 5.41 Å². The van der Waals surface area contributed by atoms with Gasteiger partial charge >= 0.3 is 6.09 Å². The molecular formula is C10H17N3O2S. The van der Waals surface area contributed by atoms with Crippen LogP contribution in [0.25, 0.3) is 0 Å². The summed E-state index contributed by atoms with van der Waals surface area (Å²) in [4.78, 5) is 15.1. The van der Waals surface area contributed by atoms with Crippen LogP contribution < -0.4 is 0 Å². The third-order valence-electron chi connectivity index (χ3n) is 2.34. The third-order valence-corrected chi connectivity index (χ3v) is 2.99. The molecule has 1 aliphatic heterocycles. The van der Waals surface area contributed by atoms with Gasteiger partial charge in [0.25, 0.3) is 0 Å². The molecule has 1 rings (SSSR count). The Morgan fingerprint density at radius 3 is 2.50 bits per heavy atom. The lowest BCUT2D eigenvalue weighted by atomic mass is 10.3. The van der Waals surface area contributed by atoms with Crippen LogP contribution in [0.4, 0.5) is 4.79 Å². The minimum atomic E-state index is -0.296. The van der Waals surface area contributed by atoms with Crippen LogP contribution in [0.5, 0.6) is 0 Å². The normalized spacial score (nSPS) is 15.8. The number of hydrogen-bond acceptors (Lipinski definition) is 4. The van der Waals surface area contributed by atoms with Crippen molar-refractivity contribution >= 4 is 23.0 Å². The lowest BCUT2D eigenvalue weighted by Crippen LogP contribution is -2.50. The van der Waals surface area contributed by atoms with Gasteiger partial charge in [-0.15, -0.1) is 0 Å². The summed E-state index contributed by atoms with van der Waals surface area (Å²) in [5.41, 5.74) is 0. The van der Waals surface area contributed by atoms with E-state index in [2.05, 4.69) is 6.58 Å². The van der Waals surface area contributed by atoms with Gasteiger partial charge in [0.1, 0.15) is 6.61 Å². The maximum Gasteiger partial charge on any atom is 0.410 e. The van der Waals surface area contributed by atoms with E-state index >= 15 is 0 Å². The number of thioether (sulfide) groups is 1. The second-order valence-electron chi connectivity index (χ2n) is 3.35. The molecule has 1 amide bonds. The van der Waals surface area contributed by atoms with Gasteiger partial charge < -0.3 is 14.5 Å². The summed E-state index contributed by atoms with van der Waals surface area (Å²) in [5.74, 6) is 0. The fourth-order valence-corrected chi connectivity index (χ4v) is 1.88.